The number of imidazole rings is 1. The van der Waals surface area contributed by atoms with Gasteiger partial charge in [-0.25, -0.2) is 4.98 Å². The number of nitrogens with zero attached hydrogens (tertiary/aromatic N) is 4. The Kier molecular flexibility index (Phi) is 2.41. The Bertz CT molecular complexity index is 611. The maximum absolute atomic E-state index is 8.85. The standard InChI is InChI=1S/C12H8N4/c1-9-6-11(3-2-10(9)7-13)16-5-4-15-12(16)8-14/h2-6H,1H3. The van der Waals surface area contributed by atoms with Gasteiger partial charge in [-0.05, 0) is 30.7 Å². The van der Waals surface area contributed by atoms with Gasteiger partial charge < -0.3 is 0 Å². The van der Waals surface area contributed by atoms with E-state index in [2.05, 4.69) is 11.1 Å². The summed E-state index contributed by atoms with van der Waals surface area (Å²) in [6.45, 7) is 1.87. The molecule has 0 spiro atoms. The van der Waals surface area contributed by atoms with Crippen LogP contribution in [0.15, 0.2) is 30.6 Å². The largest absolute Gasteiger partial charge is 0.291 e. The zero-order valence-corrected chi connectivity index (χ0v) is 8.68. The lowest BCUT2D eigenvalue weighted by Crippen LogP contribution is -1.97. The molecule has 0 aliphatic heterocycles. The third-order valence-electron chi connectivity index (χ3n) is 2.35. The second-order valence-corrected chi connectivity index (χ2v) is 3.34. The summed E-state index contributed by atoms with van der Waals surface area (Å²) < 4.78 is 1.69. The van der Waals surface area contributed by atoms with Gasteiger partial charge in [0.15, 0.2) is 0 Å². The number of aryl methyl sites for hydroxylation is 1. The molecule has 4 heteroatoms. The smallest absolute Gasteiger partial charge is 0.217 e. The molecule has 0 saturated carbocycles. The summed E-state index contributed by atoms with van der Waals surface area (Å²) in [5.74, 6) is 0.337. The Labute approximate surface area is 93.0 Å². The molecule has 0 atom stereocenters. The Hall–Kier alpha value is -2.59. The first-order valence-electron chi connectivity index (χ1n) is 4.71. The molecule has 1 aromatic carbocycles. The SMILES string of the molecule is Cc1cc(-n2ccnc2C#N)ccc1C#N. The lowest BCUT2D eigenvalue weighted by Gasteiger charge is -2.05. The van der Waals surface area contributed by atoms with Gasteiger partial charge >= 0.3 is 0 Å². The highest BCUT2D eigenvalue weighted by molar-refractivity contribution is 5.46. The van der Waals surface area contributed by atoms with E-state index < -0.39 is 0 Å². The second kappa shape index (κ2) is 3.88. The molecule has 4 nitrogen and oxygen atoms in total. The molecule has 0 radical (unpaired) electrons. The Morgan fingerprint density at radius 1 is 1.25 bits per heavy atom. The van der Waals surface area contributed by atoms with Crippen LogP contribution in [0.4, 0.5) is 0 Å². The first-order chi connectivity index (χ1) is 7.76. The molecule has 1 heterocycles. The molecule has 76 valence electrons. The van der Waals surface area contributed by atoms with Gasteiger partial charge in [0.05, 0.1) is 11.6 Å². The molecule has 1 aromatic heterocycles. The molecular weight excluding hydrogens is 200 g/mol. The number of hydrogen-bond acceptors (Lipinski definition) is 3. The fourth-order valence-electron chi connectivity index (χ4n) is 1.52. The van der Waals surface area contributed by atoms with Gasteiger partial charge in [-0.1, -0.05) is 0 Å². The maximum Gasteiger partial charge on any atom is 0.217 e. The van der Waals surface area contributed by atoms with E-state index in [1.807, 2.05) is 19.1 Å². The van der Waals surface area contributed by atoms with Gasteiger partial charge in [0.2, 0.25) is 5.82 Å². The van der Waals surface area contributed by atoms with Gasteiger partial charge in [-0.2, -0.15) is 10.5 Å². The third-order valence-corrected chi connectivity index (χ3v) is 2.35. The minimum atomic E-state index is 0.337. The molecule has 0 aliphatic carbocycles. The van der Waals surface area contributed by atoms with Crippen LogP contribution in [-0.2, 0) is 0 Å². The summed E-state index contributed by atoms with van der Waals surface area (Å²) >= 11 is 0. The molecule has 0 aliphatic rings. The topological polar surface area (TPSA) is 65.4 Å². The fraction of sp³-hybridized carbons (Fsp3) is 0.0833. The monoisotopic (exact) mass is 208 g/mol. The van der Waals surface area contributed by atoms with E-state index in [0.29, 0.717) is 11.4 Å². The second-order valence-electron chi connectivity index (χ2n) is 3.34. The number of nitriles is 2. The first kappa shape index (κ1) is 9.95. The Morgan fingerprint density at radius 2 is 2.06 bits per heavy atom. The predicted molar refractivity (Wildman–Crippen MR) is 57.7 cm³/mol. The maximum atomic E-state index is 8.85. The average molecular weight is 208 g/mol. The Morgan fingerprint density at radius 3 is 2.69 bits per heavy atom. The van der Waals surface area contributed by atoms with Gasteiger partial charge in [0.25, 0.3) is 0 Å². The number of hydrogen-bond donors (Lipinski definition) is 0. The van der Waals surface area contributed by atoms with Crippen LogP contribution < -0.4 is 0 Å². The van der Waals surface area contributed by atoms with Crippen LogP contribution in [0, 0.1) is 29.6 Å². The summed E-state index contributed by atoms with van der Waals surface area (Å²) in [4.78, 5) is 3.92. The minimum Gasteiger partial charge on any atom is -0.291 e. The quantitative estimate of drug-likeness (QED) is 0.719. The molecule has 0 saturated heterocycles. The van der Waals surface area contributed by atoms with Crippen LogP contribution in [0.25, 0.3) is 5.69 Å². The lowest BCUT2D eigenvalue weighted by molar-refractivity contribution is 1.02. The third kappa shape index (κ3) is 1.53. The van der Waals surface area contributed by atoms with Crippen molar-refractivity contribution in [2.24, 2.45) is 0 Å². The predicted octanol–water partition coefficient (Wildman–Crippen LogP) is 1.92. The van der Waals surface area contributed by atoms with Gasteiger partial charge in [-0.3, -0.25) is 4.57 Å². The fourth-order valence-corrected chi connectivity index (χ4v) is 1.52. The van der Waals surface area contributed by atoms with Crippen molar-refractivity contribution in [2.75, 3.05) is 0 Å². The molecular formula is C12H8N4. The summed E-state index contributed by atoms with van der Waals surface area (Å²) in [6, 6.07) is 9.52. The van der Waals surface area contributed by atoms with Crippen molar-refractivity contribution in [1.82, 2.24) is 9.55 Å². The van der Waals surface area contributed by atoms with Crippen molar-refractivity contribution in [3.63, 3.8) is 0 Å². The number of benzene rings is 1. The summed E-state index contributed by atoms with van der Waals surface area (Å²) in [5, 5.41) is 17.7. The van der Waals surface area contributed by atoms with E-state index in [1.165, 1.54) is 0 Å². The molecule has 0 amide bonds. The molecule has 0 N–H and O–H groups in total. The van der Waals surface area contributed by atoms with Crippen molar-refractivity contribution >= 4 is 0 Å². The summed E-state index contributed by atoms with van der Waals surface area (Å²) in [5.41, 5.74) is 2.37. The Balaban J connectivity index is 2.56. The minimum absolute atomic E-state index is 0.337. The molecule has 0 unspecified atom stereocenters. The van der Waals surface area contributed by atoms with Crippen LogP contribution >= 0.6 is 0 Å². The normalized spacial score (nSPS) is 9.44. The van der Waals surface area contributed by atoms with E-state index in [4.69, 9.17) is 10.5 Å². The molecule has 2 aromatic rings. The average Bonchev–Trinajstić information content (AvgIpc) is 2.77. The van der Waals surface area contributed by atoms with Gasteiger partial charge in [0, 0.05) is 18.1 Å². The molecule has 0 bridgehead atoms. The number of rotatable bonds is 1. The lowest BCUT2D eigenvalue weighted by atomic mass is 10.1. The van der Waals surface area contributed by atoms with Crippen LogP contribution in [0.3, 0.4) is 0 Å². The van der Waals surface area contributed by atoms with Crippen molar-refractivity contribution in [3.8, 4) is 17.8 Å². The van der Waals surface area contributed by atoms with Crippen molar-refractivity contribution in [2.45, 2.75) is 6.92 Å². The molecule has 2 rings (SSSR count). The van der Waals surface area contributed by atoms with Crippen LogP contribution in [0.2, 0.25) is 0 Å². The summed E-state index contributed by atoms with van der Waals surface area (Å²) in [6.07, 6.45) is 3.30. The zero-order chi connectivity index (χ0) is 11.5. The highest BCUT2D eigenvalue weighted by Crippen LogP contribution is 2.15. The zero-order valence-electron chi connectivity index (χ0n) is 8.68. The van der Waals surface area contributed by atoms with E-state index in [1.54, 1.807) is 29.1 Å². The highest BCUT2D eigenvalue weighted by Gasteiger charge is 2.05. The van der Waals surface area contributed by atoms with Crippen molar-refractivity contribution < 1.29 is 0 Å². The van der Waals surface area contributed by atoms with E-state index >= 15 is 0 Å². The van der Waals surface area contributed by atoms with Crippen molar-refractivity contribution in [3.05, 3.63) is 47.5 Å². The van der Waals surface area contributed by atoms with Crippen LogP contribution in [0.5, 0.6) is 0 Å². The summed E-state index contributed by atoms with van der Waals surface area (Å²) in [7, 11) is 0. The van der Waals surface area contributed by atoms with E-state index in [9.17, 15) is 0 Å². The van der Waals surface area contributed by atoms with Gasteiger partial charge in [-0.15, -0.1) is 0 Å². The van der Waals surface area contributed by atoms with Crippen LogP contribution in [-0.4, -0.2) is 9.55 Å². The highest BCUT2D eigenvalue weighted by atomic mass is 15.1. The molecule has 0 fully saturated rings. The number of aromatic nitrogens is 2. The molecule has 16 heavy (non-hydrogen) atoms. The van der Waals surface area contributed by atoms with E-state index in [-0.39, 0.29) is 0 Å². The van der Waals surface area contributed by atoms with Gasteiger partial charge in [0.1, 0.15) is 6.07 Å². The van der Waals surface area contributed by atoms with Crippen LogP contribution in [0.1, 0.15) is 17.0 Å². The van der Waals surface area contributed by atoms with E-state index in [0.717, 1.165) is 11.3 Å². The first-order valence-corrected chi connectivity index (χ1v) is 4.71. The van der Waals surface area contributed by atoms with Crippen molar-refractivity contribution in [1.29, 1.82) is 10.5 Å².